The first-order chi connectivity index (χ1) is 16.9. The van der Waals surface area contributed by atoms with Crippen molar-refractivity contribution >= 4 is 29.3 Å². The van der Waals surface area contributed by atoms with Gasteiger partial charge in [0, 0.05) is 62.7 Å². The van der Waals surface area contributed by atoms with Gasteiger partial charge in [0.25, 0.3) is 0 Å². The maximum Gasteiger partial charge on any atom is 0.241 e. The zero-order valence-corrected chi connectivity index (χ0v) is 20.9. The van der Waals surface area contributed by atoms with Gasteiger partial charge in [-0.15, -0.1) is 0 Å². The molecule has 2 atom stereocenters. The quantitative estimate of drug-likeness (QED) is 0.388. The first-order valence-electron chi connectivity index (χ1n) is 11.9. The van der Waals surface area contributed by atoms with Crippen molar-refractivity contribution in [3.8, 4) is 5.75 Å². The van der Waals surface area contributed by atoms with Crippen LogP contribution in [0.3, 0.4) is 0 Å². The van der Waals surface area contributed by atoms with Crippen LogP contribution in [-0.4, -0.2) is 68.0 Å². The van der Waals surface area contributed by atoms with Gasteiger partial charge in [-0.05, 0) is 30.5 Å². The van der Waals surface area contributed by atoms with E-state index in [1.807, 2.05) is 30.3 Å². The second-order valence-corrected chi connectivity index (χ2v) is 9.59. The van der Waals surface area contributed by atoms with Crippen molar-refractivity contribution in [1.29, 1.82) is 0 Å². The predicted octanol–water partition coefficient (Wildman–Crippen LogP) is 3.79. The predicted molar refractivity (Wildman–Crippen MR) is 133 cm³/mol. The number of likely N-dealkylation sites (tertiary alicyclic amines) is 2. The maximum absolute atomic E-state index is 13.8. The van der Waals surface area contributed by atoms with E-state index >= 15 is 0 Å². The SMILES string of the molecule is COCCCN1C(=O)C[C@](CC(=O)N2CC[C@@H](c3ccccc3Cl)C2)(c2ccccc2OC)C1=O. The monoisotopic (exact) mass is 498 g/mol. The Morgan fingerprint density at radius 2 is 1.86 bits per heavy atom. The first kappa shape index (κ1) is 25.2. The first-order valence-corrected chi connectivity index (χ1v) is 12.3. The van der Waals surface area contributed by atoms with Crippen molar-refractivity contribution in [1.82, 2.24) is 9.80 Å². The average Bonchev–Trinajstić information content (AvgIpc) is 3.44. The molecule has 0 aliphatic carbocycles. The van der Waals surface area contributed by atoms with Gasteiger partial charge in [-0.3, -0.25) is 19.3 Å². The topological polar surface area (TPSA) is 76.2 Å². The third-order valence-electron chi connectivity index (χ3n) is 7.10. The highest BCUT2D eigenvalue weighted by atomic mass is 35.5. The second kappa shape index (κ2) is 10.8. The number of hydrogen-bond donors (Lipinski definition) is 0. The van der Waals surface area contributed by atoms with Crippen LogP contribution >= 0.6 is 11.6 Å². The number of imide groups is 1. The standard InChI is InChI=1S/C27H31ClN2O5/c1-34-15-7-13-30-25(32)17-27(26(30)33,21-9-4-6-11-23(21)35-2)16-24(31)29-14-12-19(18-29)20-8-3-5-10-22(20)28/h3-6,8-11,19H,7,12-18H2,1-2H3/t19-,27-/m1/s1. The molecule has 3 amide bonds. The Morgan fingerprint density at radius 1 is 1.11 bits per heavy atom. The number of methoxy groups -OCH3 is 2. The average molecular weight is 499 g/mol. The Hall–Kier alpha value is -2.90. The molecule has 7 nitrogen and oxygen atoms in total. The molecule has 0 spiro atoms. The number of carbonyl (C=O) groups excluding carboxylic acids is 3. The Balaban J connectivity index is 1.61. The van der Waals surface area contributed by atoms with E-state index in [0.717, 1.165) is 12.0 Å². The molecule has 0 N–H and O–H groups in total. The fourth-order valence-corrected chi connectivity index (χ4v) is 5.58. The van der Waals surface area contributed by atoms with Gasteiger partial charge < -0.3 is 14.4 Å². The van der Waals surface area contributed by atoms with E-state index in [-0.39, 0.29) is 43.0 Å². The van der Waals surface area contributed by atoms with Crippen molar-refractivity contribution in [2.24, 2.45) is 0 Å². The number of halogens is 1. The summed E-state index contributed by atoms with van der Waals surface area (Å²) in [6, 6.07) is 14.9. The summed E-state index contributed by atoms with van der Waals surface area (Å²) < 4.78 is 10.6. The molecule has 2 saturated heterocycles. The number of carbonyl (C=O) groups is 3. The highest BCUT2D eigenvalue weighted by Crippen LogP contribution is 2.44. The lowest BCUT2D eigenvalue weighted by Crippen LogP contribution is -2.43. The number of nitrogens with zero attached hydrogens (tertiary/aromatic N) is 2. The highest BCUT2D eigenvalue weighted by molar-refractivity contribution is 6.31. The number of para-hydroxylation sites is 1. The minimum Gasteiger partial charge on any atom is -0.496 e. The molecule has 2 aromatic carbocycles. The van der Waals surface area contributed by atoms with Crippen molar-refractivity contribution in [3.63, 3.8) is 0 Å². The van der Waals surface area contributed by atoms with Crippen LogP contribution in [0.5, 0.6) is 5.75 Å². The van der Waals surface area contributed by atoms with E-state index in [1.54, 1.807) is 30.2 Å². The summed E-state index contributed by atoms with van der Waals surface area (Å²) in [7, 11) is 3.11. The van der Waals surface area contributed by atoms with Gasteiger partial charge in [0.15, 0.2) is 0 Å². The molecule has 2 fully saturated rings. The van der Waals surface area contributed by atoms with Gasteiger partial charge in [0.2, 0.25) is 17.7 Å². The molecule has 0 unspecified atom stereocenters. The van der Waals surface area contributed by atoms with Crippen LogP contribution in [0.15, 0.2) is 48.5 Å². The van der Waals surface area contributed by atoms with E-state index in [9.17, 15) is 14.4 Å². The minimum absolute atomic E-state index is 0.0628. The van der Waals surface area contributed by atoms with Crippen molar-refractivity contribution in [2.75, 3.05) is 40.5 Å². The lowest BCUT2D eigenvalue weighted by Gasteiger charge is -2.30. The van der Waals surface area contributed by atoms with Gasteiger partial charge in [-0.2, -0.15) is 0 Å². The summed E-state index contributed by atoms with van der Waals surface area (Å²) in [5.74, 6) is -0.138. The fraction of sp³-hybridized carbons (Fsp3) is 0.444. The fourth-order valence-electron chi connectivity index (χ4n) is 5.29. The molecule has 186 valence electrons. The Morgan fingerprint density at radius 3 is 2.60 bits per heavy atom. The molecule has 8 heteroatoms. The Labute approximate surface area is 210 Å². The van der Waals surface area contributed by atoms with Crippen LogP contribution in [0, 0.1) is 0 Å². The Bertz CT molecular complexity index is 1110. The lowest BCUT2D eigenvalue weighted by atomic mass is 9.75. The van der Waals surface area contributed by atoms with Crippen LogP contribution in [0.4, 0.5) is 0 Å². The molecule has 0 saturated carbocycles. The van der Waals surface area contributed by atoms with E-state index in [0.29, 0.717) is 42.5 Å². The van der Waals surface area contributed by atoms with Crippen molar-refractivity contribution < 1.29 is 23.9 Å². The van der Waals surface area contributed by atoms with Crippen molar-refractivity contribution in [3.05, 3.63) is 64.7 Å². The number of benzene rings is 2. The molecule has 0 aromatic heterocycles. The lowest BCUT2D eigenvalue weighted by molar-refractivity contribution is -0.142. The number of ether oxygens (including phenoxy) is 2. The van der Waals surface area contributed by atoms with Gasteiger partial charge in [-0.1, -0.05) is 48.0 Å². The maximum atomic E-state index is 13.8. The summed E-state index contributed by atoms with van der Waals surface area (Å²) in [6.07, 6.45) is 1.18. The van der Waals surface area contributed by atoms with Gasteiger partial charge in [0.1, 0.15) is 5.75 Å². The van der Waals surface area contributed by atoms with Gasteiger partial charge in [-0.25, -0.2) is 0 Å². The third-order valence-corrected chi connectivity index (χ3v) is 7.44. The van der Waals surface area contributed by atoms with Crippen molar-refractivity contribution in [2.45, 2.75) is 37.0 Å². The largest absolute Gasteiger partial charge is 0.496 e. The van der Waals surface area contributed by atoms with E-state index in [4.69, 9.17) is 21.1 Å². The van der Waals surface area contributed by atoms with E-state index < -0.39 is 5.41 Å². The second-order valence-electron chi connectivity index (χ2n) is 9.18. The number of amides is 3. The van der Waals surface area contributed by atoms with E-state index in [1.165, 1.54) is 12.0 Å². The normalized spacial score (nSPS) is 22.2. The molecule has 0 bridgehead atoms. The van der Waals surface area contributed by atoms with Gasteiger partial charge >= 0.3 is 0 Å². The van der Waals surface area contributed by atoms with Crippen LogP contribution in [0.25, 0.3) is 0 Å². The summed E-state index contributed by atoms with van der Waals surface area (Å²) in [5.41, 5.74) is 0.307. The van der Waals surface area contributed by atoms with Gasteiger partial charge in [0.05, 0.1) is 12.5 Å². The van der Waals surface area contributed by atoms with Crippen LogP contribution < -0.4 is 4.74 Å². The molecule has 2 aliphatic heterocycles. The minimum atomic E-state index is -1.30. The molecule has 2 aromatic rings. The highest BCUT2D eigenvalue weighted by Gasteiger charge is 2.55. The number of hydrogen-bond acceptors (Lipinski definition) is 5. The molecular weight excluding hydrogens is 468 g/mol. The molecule has 2 aliphatic rings. The van der Waals surface area contributed by atoms with Crippen LogP contribution in [0.1, 0.15) is 42.7 Å². The molecular formula is C27H31ClN2O5. The van der Waals surface area contributed by atoms with Crippen LogP contribution in [-0.2, 0) is 24.5 Å². The Kier molecular flexibility index (Phi) is 7.77. The summed E-state index contributed by atoms with van der Waals surface area (Å²) in [5, 5.41) is 0.695. The molecule has 4 rings (SSSR count). The summed E-state index contributed by atoms with van der Waals surface area (Å²) in [4.78, 5) is 43.5. The zero-order chi connectivity index (χ0) is 25.0. The summed E-state index contributed by atoms with van der Waals surface area (Å²) in [6.45, 7) is 1.81. The molecule has 2 heterocycles. The zero-order valence-electron chi connectivity index (χ0n) is 20.2. The molecule has 0 radical (unpaired) electrons. The summed E-state index contributed by atoms with van der Waals surface area (Å²) >= 11 is 6.39. The molecule has 35 heavy (non-hydrogen) atoms. The van der Waals surface area contributed by atoms with E-state index in [2.05, 4.69) is 0 Å². The third kappa shape index (κ3) is 4.93. The number of rotatable bonds is 9. The van der Waals surface area contributed by atoms with Crippen LogP contribution in [0.2, 0.25) is 5.02 Å². The smallest absolute Gasteiger partial charge is 0.241 e.